The number of nitrogens with zero attached hydrogens (tertiary/aromatic N) is 4. The molecule has 1 aliphatic carbocycles. The Morgan fingerprint density at radius 2 is 2.12 bits per heavy atom. The fraction of sp³-hybridized carbons (Fsp3) is 0.750. The largest absolute Gasteiger partial charge is 0.335 e. The van der Waals surface area contributed by atoms with Crippen LogP contribution in [0.5, 0.6) is 0 Å². The van der Waals surface area contributed by atoms with Crippen LogP contribution in [0.3, 0.4) is 0 Å². The summed E-state index contributed by atoms with van der Waals surface area (Å²) in [6.45, 7) is 0.220. The predicted octanol–water partition coefficient (Wildman–Crippen LogP) is 0.384. The second kappa shape index (κ2) is 6.95. The monoisotopic (exact) mass is 369 g/mol. The van der Waals surface area contributed by atoms with Crippen molar-refractivity contribution in [1.82, 2.24) is 24.9 Å². The molecule has 3 atom stereocenters. The number of aryl methyl sites for hydroxylation is 1. The summed E-state index contributed by atoms with van der Waals surface area (Å²) < 4.78 is 25.8. The first-order chi connectivity index (χ1) is 11.7. The number of amides is 2. The Bertz CT molecular complexity index is 730. The zero-order valence-corrected chi connectivity index (χ0v) is 15.9. The molecule has 1 aliphatic heterocycles. The Hall–Kier alpha value is -1.61. The van der Waals surface area contributed by atoms with Crippen molar-refractivity contribution >= 4 is 15.9 Å². The van der Waals surface area contributed by atoms with Crippen LogP contribution in [0.15, 0.2) is 12.4 Å². The third-order valence-electron chi connectivity index (χ3n) is 5.26. The minimum atomic E-state index is -3.15. The Morgan fingerprint density at radius 1 is 1.36 bits per heavy atom. The average Bonchev–Trinajstić information content (AvgIpc) is 3.15. The molecular weight excluding hydrogens is 342 g/mol. The van der Waals surface area contributed by atoms with Crippen LogP contribution >= 0.6 is 0 Å². The Kier molecular flexibility index (Phi) is 5.06. The highest BCUT2D eigenvalue weighted by atomic mass is 32.2. The van der Waals surface area contributed by atoms with Crippen LogP contribution in [0.25, 0.3) is 0 Å². The predicted molar refractivity (Wildman–Crippen MR) is 95.0 cm³/mol. The van der Waals surface area contributed by atoms with Gasteiger partial charge in [-0.15, -0.1) is 0 Å². The molecule has 140 valence electrons. The first-order valence-corrected chi connectivity index (χ1v) is 10.5. The number of sulfone groups is 1. The molecule has 0 spiro atoms. The number of nitrogens with one attached hydrogen (secondary N) is 1. The van der Waals surface area contributed by atoms with E-state index in [2.05, 4.69) is 29.4 Å². The Labute approximate surface area is 149 Å². The van der Waals surface area contributed by atoms with Gasteiger partial charge >= 0.3 is 6.03 Å². The number of aromatic nitrogens is 2. The number of hydrogen-bond acceptors (Lipinski definition) is 5. The maximum atomic E-state index is 12.8. The molecule has 2 heterocycles. The van der Waals surface area contributed by atoms with Crippen LogP contribution in [-0.2, 0) is 16.9 Å². The Balaban J connectivity index is 1.71. The molecule has 3 rings (SSSR count). The molecule has 1 aromatic heterocycles. The van der Waals surface area contributed by atoms with Gasteiger partial charge in [-0.1, -0.05) is 0 Å². The summed E-state index contributed by atoms with van der Waals surface area (Å²) in [7, 11) is 2.75. The van der Waals surface area contributed by atoms with Crippen LogP contribution in [0.4, 0.5) is 4.79 Å². The smallest absolute Gasteiger partial charge is 0.318 e. The Morgan fingerprint density at radius 3 is 2.72 bits per heavy atom. The van der Waals surface area contributed by atoms with E-state index in [1.54, 1.807) is 29.0 Å². The highest BCUT2D eigenvalue weighted by Crippen LogP contribution is 2.28. The van der Waals surface area contributed by atoms with E-state index in [0.717, 1.165) is 24.8 Å². The van der Waals surface area contributed by atoms with E-state index in [-0.39, 0.29) is 30.1 Å². The van der Waals surface area contributed by atoms with Crippen LogP contribution < -0.4 is 5.32 Å². The second-order valence-electron chi connectivity index (χ2n) is 7.35. The van der Waals surface area contributed by atoms with E-state index >= 15 is 0 Å². The summed E-state index contributed by atoms with van der Waals surface area (Å²) in [6, 6.07) is -0.0132. The van der Waals surface area contributed by atoms with Gasteiger partial charge in [0.1, 0.15) is 0 Å². The third kappa shape index (κ3) is 4.14. The van der Waals surface area contributed by atoms with Gasteiger partial charge in [0, 0.05) is 37.4 Å². The molecule has 1 saturated heterocycles. The zero-order chi connectivity index (χ0) is 18.2. The van der Waals surface area contributed by atoms with Crippen molar-refractivity contribution < 1.29 is 13.2 Å². The van der Waals surface area contributed by atoms with E-state index in [9.17, 15) is 13.2 Å². The van der Waals surface area contributed by atoms with Gasteiger partial charge in [0.05, 0.1) is 23.7 Å². The molecule has 8 nitrogen and oxygen atoms in total. The van der Waals surface area contributed by atoms with Crippen molar-refractivity contribution in [2.75, 3.05) is 32.1 Å². The highest BCUT2D eigenvalue weighted by molar-refractivity contribution is 7.91. The molecular formula is C16H27N5O3S. The molecule has 0 radical (unpaired) electrons. The molecule has 0 unspecified atom stereocenters. The van der Waals surface area contributed by atoms with Gasteiger partial charge in [0.25, 0.3) is 0 Å². The number of hydrogen-bond donors (Lipinski definition) is 1. The van der Waals surface area contributed by atoms with E-state index in [4.69, 9.17) is 0 Å². The summed E-state index contributed by atoms with van der Waals surface area (Å²) in [4.78, 5) is 16.7. The minimum Gasteiger partial charge on any atom is -0.335 e. The molecule has 25 heavy (non-hydrogen) atoms. The van der Waals surface area contributed by atoms with E-state index in [0.29, 0.717) is 6.04 Å². The van der Waals surface area contributed by atoms with Gasteiger partial charge in [-0.25, -0.2) is 13.2 Å². The molecule has 2 amide bonds. The van der Waals surface area contributed by atoms with Gasteiger partial charge in [-0.3, -0.25) is 4.68 Å². The second-order valence-corrected chi connectivity index (χ2v) is 9.58. The molecule has 0 aromatic carbocycles. The molecule has 1 N–H and O–H groups in total. The van der Waals surface area contributed by atoms with Crippen LogP contribution in [0, 0.1) is 0 Å². The summed E-state index contributed by atoms with van der Waals surface area (Å²) in [5, 5.41) is 7.23. The van der Waals surface area contributed by atoms with Gasteiger partial charge in [0.2, 0.25) is 0 Å². The molecule has 9 heteroatoms. The van der Waals surface area contributed by atoms with Crippen molar-refractivity contribution in [3.63, 3.8) is 0 Å². The zero-order valence-electron chi connectivity index (χ0n) is 15.1. The van der Waals surface area contributed by atoms with Crippen LogP contribution in [0.2, 0.25) is 0 Å². The van der Waals surface area contributed by atoms with Crippen molar-refractivity contribution in [3.8, 4) is 0 Å². The summed E-state index contributed by atoms with van der Waals surface area (Å²) in [6.07, 6.45) is 6.38. The van der Waals surface area contributed by atoms with E-state index in [1.165, 1.54) is 0 Å². The van der Waals surface area contributed by atoms with Crippen molar-refractivity contribution in [3.05, 3.63) is 18.0 Å². The fourth-order valence-electron chi connectivity index (χ4n) is 3.75. The van der Waals surface area contributed by atoms with Gasteiger partial charge in [0.15, 0.2) is 9.84 Å². The normalized spacial score (nSPS) is 29.1. The molecule has 2 fully saturated rings. The number of urea groups is 1. The maximum absolute atomic E-state index is 12.8. The molecule has 0 bridgehead atoms. The maximum Gasteiger partial charge on any atom is 0.318 e. The van der Waals surface area contributed by atoms with Crippen molar-refractivity contribution in [2.45, 2.75) is 37.4 Å². The SMILES string of the molecule is CN(C)[C@@H]1CC[C@H](NC(=O)N2CCS(=O)(=O)C[C@@H]2c2cnn(C)c2)C1. The minimum absolute atomic E-state index is 0.0160. The van der Waals surface area contributed by atoms with E-state index in [1.807, 2.05) is 0 Å². The molecule has 2 aliphatic rings. The topological polar surface area (TPSA) is 87.5 Å². The van der Waals surface area contributed by atoms with Gasteiger partial charge < -0.3 is 15.1 Å². The fourth-order valence-corrected chi connectivity index (χ4v) is 5.25. The van der Waals surface area contributed by atoms with Gasteiger partial charge in [-0.05, 0) is 33.4 Å². The van der Waals surface area contributed by atoms with Gasteiger partial charge in [-0.2, -0.15) is 5.10 Å². The van der Waals surface area contributed by atoms with E-state index < -0.39 is 15.9 Å². The lowest BCUT2D eigenvalue weighted by molar-refractivity contribution is 0.176. The van der Waals surface area contributed by atoms with Crippen LogP contribution in [0.1, 0.15) is 30.9 Å². The summed E-state index contributed by atoms with van der Waals surface area (Å²) in [5.41, 5.74) is 0.763. The average molecular weight is 369 g/mol. The number of carbonyl (C=O) groups excluding carboxylic acids is 1. The summed E-state index contributed by atoms with van der Waals surface area (Å²) in [5.74, 6) is -0.0285. The number of rotatable bonds is 3. The standard InChI is InChI=1S/C16H27N5O3S/c1-19(2)14-5-4-13(8-14)18-16(22)21-6-7-25(23,24)11-15(21)12-9-17-20(3)10-12/h9-10,13-15H,4-8,11H2,1-3H3,(H,18,22)/t13-,14+,15+/m0/s1. The van der Waals surface area contributed by atoms with Crippen molar-refractivity contribution in [1.29, 1.82) is 0 Å². The molecule has 1 saturated carbocycles. The van der Waals surface area contributed by atoms with Crippen LogP contribution in [-0.4, -0.2) is 78.3 Å². The van der Waals surface area contributed by atoms with Crippen molar-refractivity contribution in [2.24, 2.45) is 7.05 Å². The number of carbonyl (C=O) groups is 1. The highest BCUT2D eigenvalue weighted by Gasteiger charge is 2.37. The lowest BCUT2D eigenvalue weighted by atomic mass is 10.1. The lowest BCUT2D eigenvalue weighted by Crippen LogP contribution is -2.52. The molecule has 1 aromatic rings. The third-order valence-corrected chi connectivity index (χ3v) is 6.89. The first kappa shape index (κ1) is 18.2. The quantitative estimate of drug-likeness (QED) is 0.832. The summed E-state index contributed by atoms with van der Waals surface area (Å²) >= 11 is 0. The lowest BCUT2D eigenvalue weighted by Gasteiger charge is -2.35. The first-order valence-electron chi connectivity index (χ1n) is 8.68.